The molecule has 1 amide bonds. The van der Waals surface area contributed by atoms with Crippen molar-refractivity contribution in [3.8, 4) is 17.1 Å². The van der Waals surface area contributed by atoms with Crippen molar-refractivity contribution >= 4 is 22.8 Å². The lowest BCUT2D eigenvalue weighted by Crippen LogP contribution is -2.25. The normalized spacial score (nSPS) is 10.7. The fraction of sp³-hybridized carbons (Fsp3) is 0.0952. The molecule has 0 atom stereocenters. The van der Waals surface area contributed by atoms with Crippen LogP contribution in [0.15, 0.2) is 60.8 Å². The van der Waals surface area contributed by atoms with Gasteiger partial charge in [0, 0.05) is 11.6 Å². The number of ether oxygens (including phenoxy) is 1. The van der Waals surface area contributed by atoms with Crippen molar-refractivity contribution in [2.45, 2.75) is 6.54 Å². The van der Waals surface area contributed by atoms with Crippen molar-refractivity contribution < 1.29 is 9.53 Å². The van der Waals surface area contributed by atoms with Crippen LogP contribution in [0.25, 0.3) is 22.3 Å². The maximum absolute atomic E-state index is 12.8. The Morgan fingerprint density at radius 3 is 2.62 bits per heavy atom. The van der Waals surface area contributed by atoms with Crippen molar-refractivity contribution in [3.05, 3.63) is 72.2 Å². The van der Waals surface area contributed by atoms with E-state index < -0.39 is 0 Å². The van der Waals surface area contributed by atoms with Crippen molar-refractivity contribution in [1.29, 1.82) is 0 Å². The Morgan fingerprint density at radius 1 is 1.00 bits per heavy atom. The van der Waals surface area contributed by atoms with E-state index in [0.29, 0.717) is 22.3 Å². The number of benzene rings is 1. The van der Waals surface area contributed by atoms with Gasteiger partial charge in [0.2, 0.25) is 5.95 Å². The van der Waals surface area contributed by atoms with Gasteiger partial charge in [0.1, 0.15) is 17.0 Å². The van der Waals surface area contributed by atoms with E-state index in [1.54, 1.807) is 24.4 Å². The molecule has 8 heteroatoms. The lowest BCUT2D eigenvalue weighted by atomic mass is 10.1. The monoisotopic (exact) mass is 386 g/mol. The Morgan fingerprint density at radius 2 is 1.83 bits per heavy atom. The Balaban J connectivity index is 1.58. The largest absolute Gasteiger partial charge is 0.494 e. The summed E-state index contributed by atoms with van der Waals surface area (Å²) in [4.78, 5) is 30.0. The molecule has 0 aliphatic carbocycles. The number of nitrogens with zero attached hydrogens (tertiary/aromatic N) is 4. The quantitative estimate of drug-likeness (QED) is 0.541. The summed E-state index contributed by atoms with van der Waals surface area (Å²) in [6.07, 6.45) is 1.71. The van der Waals surface area contributed by atoms with Gasteiger partial charge in [0.15, 0.2) is 0 Å². The minimum Gasteiger partial charge on any atom is -0.494 e. The van der Waals surface area contributed by atoms with Gasteiger partial charge in [-0.3, -0.25) is 9.78 Å². The molecule has 0 saturated heterocycles. The molecule has 0 bridgehead atoms. The molecule has 4 aromatic rings. The summed E-state index contributed by atoms with van der Waals surface area (Å²) in [5.74, 6) is 0.153. The average Bonchev–Trinajstić information content (AvgIpc) is 2.77. The molecule has 0 fully saturated rings. The highest BCUT2D eigenvalue weighted by molar-refractivity contribution is 6.05. The van der Waals surface area contributed by atoms with Crippen LogP contribution in [0.4, 0.5) is 5.95 Å². The number of nitrogens with one attached hydrogen (secondary N) is 1. The number of rotatable bonds is 5. The standard InChI is InChI=1S/C21H18N6O2/c1-29-17-10-5-7-14-18(17)26-21(22)27-19(14)20(28)24-12-13-6-4-9-16(25-13)15-8-2-3-11-23-15/h2-11H,12H2,1H3,(H,24,28)(H2,22,26,27). The average molecular weight is 386 g/mol. The molecule has 0 unspecified atom stereocenters. The predicted molar refractivity (Wildman–Crippen MR) is 109 cm³/mol. The van der Waals surface area contributed by atoms with Crippen LogP contribution >= 0.6 is 0 Å². The van der Waals surface area contributed by atoms with Crippen LogP contribution in [0.2, 0.25) is 0 Å². The number of hydrogen-bond donors (Lipinski definition) is 2. The van der Waals surface area contributed by atoms with E-state index in [1.165, 1.54) is 7.11 Å². The molecule has 0 spiro atoms. The molecule has 0 saturated carbocycles. The second-order valence-electron chi connectivity index (χ2n) is 6.20. The summed E-state index contributed by atoms with van der Waals surface area (Å²) in [7, 11) is 1.53. The highest BCUT2D eigenvalue weighted by atomic mass is 16.5. The third-order valence-electron chi connectivity index (χ3n) is 4.31. The SMILES string of the molecule is COc1cccc2c(C(=O)NCc3cccc(-c4ccccn4)n3)nc(N)nc12. The first kappa shape index (κ1) is 18.3. The van der Waals surface area contributed by atoms with Gasteiger partial charge >= 0.3 is 0 Å². The number of methoxy groups -OCH3 is 1. The minimum absolute atomic E-state index is 0.00224. The number of pyridine rings is 2. The predicted octanol–water partition coefficient (Wildman–Crippen LogP) is 2.61. The molecular weight excluding hydrogens is 368 g/mol. The van der Waals surface area contributed by atoms with Crippen molar-refractivity contribution in [1.82, 2.24) is 25.3 Å². The molecule has 1 aromatic carbocycles. The smallest absolute Gasteiger partial charge is 0.271 e. The molecule has 3 aromatic heterocycles. The summed E-state index contributed by atoms with van der Waals surface area (Å²) < 4.78 is 5.31. The van der Waals surface area contributed by atoms with Gasteiger partial charge in [-0.1, -0.05) is 24.3 Å². The van der Waals surface area contributed by atoms with E-state index in [1.807, 2.05) is 36.4 Å². The van der Waals surface area contributed by atoms with Gasteiger partial charge < -0.3 is 15.8 Å². The van der Waals surface area contributed by atoms with Crippen LogP contribution in [0, 0.1) is 0 Å². The first-order valence-corrected chi connectivity index (χ1v) is 8.91. The second-order valence-corrected chi connectivity index (χ2v) is 6.20. The number of hydrogen-bond acceptors (Lipinski definition) is 7. The van der Waals surface area contributed by atoms with Gasteiger partial charge in [-0.15, -0.1) is 0 Å². The minimum atomic E-state index is -0.373. The van der Waals surface area contributed by atoms with Crippen LogP contribution < -0.4 is 15.8 Å². The van der Waals surface area contributed by atoms with Crippen LogP contribution in [-0.4, -0.2) is 33.0 Å². The molecule has 3 heterocycles. The number of carbonyl (C=O) groups is 1. The molecule has 4 rings (SSSR count). The lowest BCUT2D eigenvalue weighted by Gasteiger charge is -2.10. The van der Waals surface area contributed by atoms with E-state index >= 15 is 0 Å². The third kappa shape index (κ3) is 3.81. The number of para-hydroxylation sites is 1. The number of nitrogen functional groups attached to an aromatic ring is 1. The number of aromatic nitrogens is 4. The van der Waals surface area contributed by atoms with Crippen molar-refractivity contribution in [2.75, 3.05) is 12.8 Å². The molecule has 144 valence electrons. The third-order valence-corrected chi connectivity index (χ3v) is 4.31. The molecule has 0 aliphatic heterocycles. The second kappa shape index (κ2) is 7.89. The fourth-order valence-electron chi connectivity index (χ4n) is 2.97. The van der Waals surface area contributed by atoms with Crippen LogP contribution in [0.5, 0.6) is 5.75 Å². The molecule has 0 aliphatic rings. The zero-order valence-corrected chi connectivity index (χ0v) is 15.7. The zero-order valence-electron chi connectivity index (χ0n) is 15.7. The highest BCUT2D eigenvalue weighted by Gasteiger charge is 2.16. The van der Waals surface area contributed by atoms with E-state index in [9.17, 15) is 4.79 Å². The van der Waals surface area contributed by atoms with E-state index in [4.69, 9.17) is 10.5 Å². The summed E-state index contributed by atoms with van der Waals surface area (Å²) >= 11 is 0. The zero-order chi connectivity index (χ0) is 20.2. The van der Waals surface area contributed by atoms with Gasteiger partial charge in [-0.05, 0) is 30.3 Å². The number of amides is 1. The number of nitrogens with two attached hydrogens (primary N) is 1. The first-order chi connectivity index (χ1) is 14.2. The highest BCUT2D eigenvalue weighted by Crippen LogP contribution is 2.26. The Hall–Kier alpha value is -4.07. The summed E-state index contributed by atoms with van der Waals surface area (Å²) in [6, 6.07) is 16.5. The van der Waals surface area contributed by atoms with Gasteiger partial charge in [0.25, 0.3) is 5.91 Å². The van der Waals surface area contributed by atoms with Gasteiger partial charge in [0.05, 0.1) is 30.7 Å². The van der Waals surface area contributed by atoms with Gasteiger partial charge in [-0.2, -0.15) is 0 Å². The first-order valence-electron chi connectivity index (χ1n) is 8.91. The molecule has 0 radical (unpaired) electrons. The van der Waals surface area contributed by atoms with Crippen LogP contribution in [0.3, 0.4) is 0 Å². The maximum Gasteiger partial charge on any atom is 0.271 e. The molecular formula is C21H18N6O2. The topological polar surface area (TPSA) is 116 Å². The van der Waals surface area contributed by atoms with Gasteiger partial charge in [-0.25, -0.2) is 15.0 Å². The van der Waals surface area contributed by atoms with Crippen LogP contribution in [-0.2, 0) is 6.54 Å². The Labute approximate surface area is 166 Å². The van der Waals surface area contributed by atoms with Crippen LogP contribution in [0.1, 0.15) is 16.2 Å². The number of anilines is 1. The maximum atomic E-state index is 12.8. The summed E-state index contributed by atoms with van der Waals surface area (Å²) in [6.45, 7) is 0.231. The van der Waals surface area contributed by atoms with Crippen molar-refractivity contribution in [2.24, 2.45) is 0 Å². The molecule has 29 heavy (non-hydrogen) atoms. The molecule has 8 nitrogen and oxygen atoms in total. The van der Waals surface area contributed by atoms with Crippen molar-refractivity contribution in [3.63, 3.8) is 0 Å². The summed E-state index contributed by atoms with van der Waals surface area (Å²) in [5.41, 5.74) is 8.68. The van der Waals surface area contributed by atoms with E-state index in [0.717, 1.165) is 11.4 Å². The fourth-order valence-corrected chi connectivity index (χ4v) is 2.97. The van der Waals surface area contributed by atoms with E-state index in [-0.39, 0.29) is 24.1 Å². The Kier molecular flexibility index (Phi) is 4.98. The number of fused-ring (bicyclic) bond motifs is 1. The number of carbonyl (C=O) groups excluding carboxylic acids is 1. The Bertz CT molecular complexity index is 1180. The molecule has 3 N–H and O–H groups in total. The summed E-state index contributed by atoms with van der Waals surface area (Å²) in [5, 5.41) is 3.40. The van der Waals surface area contributed by atoms with E-state index in [2.05, 4.69) is 25.3 Å². The lowest BCUT2D eigenvalue weighted by molar-refractivity contribution is 0.0947.